The van der Waals surface area contributed by atoms with Crippen LogP contribution in [-0.4, -0.2) is 54.0 Å². The third-order valence-corrected chi connectivity index (χ3v) is 4.36. The van der Waals surface area contributed by atoms with Gasteiger partial charge in [0.1, 0.15) is 12.2 Å². The van der Waals surface area contributed by atoms with Crippen LogP contribution >= 0.6 is 0 Å². The number of hydrogen-bond donors (Lipinski definition) is 1. The zero-order valence-corrected chi connectivity index (χ0v) is 15.5. The number of alkyl carbamates (subject to hydrolysis) is 1. The average Bonchev–Trinajstić information content (AvgIpc) is 2.86. The third-order valence-electron chi connectivity index (χ3n) is 4.36. The largest absolute Gasteiger partial charge is 0.445 e. The minimum Gasteiger partial charge on any atom is -0.445 e. The summed E-state index contributed by atoms with van der Waals surface area (Å²) in [5.41, 5.74) is -0.281. The Kier molecular flexibility index (Phi) is 5.09. The highest BCUT2D eigenvalue weighted by atomic mass is 16.6. The number of benzene rings is 1. The first-order valence-electron chi connectivity index (χ1n) is 8.83. The molecule has 2 heterocycles. The molecule has 0 radical (unpaired) electrons. The van der Waals surface area contributed by atoms with E-state index in [9.17, 15) is 9.59 Å². The first kappa shape index (κ1) is 18.5. The zero-order chi connectivity index (χ0) is 18.8. The molecule has 1 aromatic rings. The predicted octanol–water partition coefficient (Wildman–Crippen LogP) is 2.69. The maximum atomic E-state index is 12.4. The highest BCUT2D eigenvalue weighted by Crippen LogP contribution is 2.31. The molecular formula is C19H26N2O5. The molecule has 2 amide bonds. The number of likely N-dealkylation sites (tertiary alicyclic amines) is 1. The second-order valence-electron chi connectivity index (χ2n) is 7.97. The molecule has 2 fully saturated rings. The first-order chi connectivity index (χ1) is 12.2. The highest BCUT2D eigenvalue weighted by molar-refractivity contribution is 5.71. The molecule has 7 nitrogen and oxygen atoms in total. The van der Waals surface area contributed by atoms with Crippen LogP contribution in [0.2, 0.25) is 0 Å². The number of nitrogens with zero attached hydrogens (tertiary/aromatic N) is 1. The molecule has 1 aromatic carbocycles. The molecule has 26 heavy (non-hydrogen) atoms. The fraction of sp³-hybridized carbons (Fsp3) is 0.579. The van der Waals surface area contributed by atoms with Gasteiger partial charge < -0.3 is 24.4 Å². The number of amides is 2. The monoisotopic (exact) mass is 362 g/mol. The Labute approximate surface area is 153 Å². The number of rotatable bonds is 3. The standard InChI is InChI=1S/C19H26N2O5/c1-18(2,3)26-17(23)21-10-15-9-19(12-21,13-25-15)20-16(22)24-11-14-7-5-4-6-8-14/h4-8,15H,9-13H2,1-3H3,(H,20,22). The van der Waals surface area contributed by atoms with E-state index in [1.165, 1.54) is 0 Å². The molecular weight excluding hydrogens is 336 g/mol. The Morgan fingerprint density at radius 2 is 2.04 bits per heavy atom. The second-order valence-corrected chi connectivity index (χ2v) is 7.97. The van der Waals surface area contributed by atoms with Gasteiger partial charge in [-0.1, -0.05) is 30.3 Å². The van der Waals surface area contributed by atoms with Crippen LogP contribution < -0.4 is 5.32 Å². The Morgan fingerprint density at radius 3 is 2.73 bits per heavy atom. The second kappa shape index (κ2) is 7.15. The number of ether oxygens (including phenoxy) is 3. The van der Waals surface area contributed by atoms with Crippen molar-refractivity contribution in [1.29, 1.82) is 0 Å². The van der Waals surface area contributed by atoms with Crippen LogP contribution in [0.3, 0.4) is 0 Å². The minimum atomic E-state index is -0.631. The van der Waals surface area contributed by atoms with Gasteiger partial charge in [-0.3, -0.25) is 0 Å². The first-order valence-corrected chi connectivity index (χ1v) is 8.83. The quantitative estimate of drug-likeness (QED) is 0.895. The molecule has 2 saturated heterocycles. The van der Waals surface area contributed by atoms with Crippen molar-refractivity contribution in [3.63, 3.8) is 0 Å². The van der Waals surface area contributed by atoms with Gasteiger partial charge in [0, 0.05) is 13.0 Å². The van der Waals surface area contributed by atoms with E-state index in [0.29, 0.717) is 26.1 Å². The van der Waals surface area contributed by atoms with E-state index in [0.717, 1.165) is 5.56 Å². The molecule has 0 saturated carbocycles. The molecule has 1 N–H and O–H groups in total. The van der Waals surface area contributed by atoms with Crippen molar-refractivity contribution in [2.45, 2.75) is 51.0 Å². The van der Waals surface area contributed by atoms with Gasteiger partial charge in [0.2, 0.25) is 0 Å². The van der Waals surface area contributed by atoms with Crippen LogP contribution in [0.5, 0.6) is 0 Å². The molecule has 0 aromatic heterocycles. The summed E-state index contributed by atoms with van der Waals surface area (Å²) in [6, 6.07) is 9.48. The molecule has 3 rings (SSSR count). The fourth-order valence-electron chi connectivity index (χ4n) is 3.30. The summed E-state index contributed by atoms with van der Waals surface area (Å²) in [6.45, 7) is 6.86. The number of hydrogen-bond acceptors (Lipinski definition) is 5. The lowest BCUT2D eigenvalue weighted by Gasteiger charge is -2.39. The van der Waals surface area contributed by atoms with Crippen molar-refractivity contribution in [2.75, 3.05) is 19.7 Å². The van der Waals surface area contributed by atoms with Crippen molar-refractivity contribution in [3.8, 4) is 0 Å². The number of carbonyl (C=O) groups is 2. The number of fused-ring (bicyclic) bond motifs is 2. The Morgan fingerprint density at radius 1 is 1.31 bits per heavy atom. The van der Waals surface area contributed by atoms with Gasteiger partial charge in [-0.05, 0) is 26.3 Å². The molecule has 2 atom stereocenters. The zero-order valence-electron chi connectivity index (χ0n) is 15.5. The summed E-state index contributed by atoms with van der Waals surface area (Å²) in [5, 5.41) is 2.91. The highest BCUT2D eigenvalue weighted by Gasteiger charge is 2.49. The molecule has 7 heteroatoms. The SMILES string of the molecule is CC(C)(C)OC(=O)N1CC2CC(NC(=O)OCc3ccccc3)(CO2)C1. The van der Waals surface area contributed by atoms with Gasteiger partial charge in [-0.25, -0.2) is 9.59 Å². The summed E-state index contributed by atoms with van der Waals surface area (Å²) in [7, 11) is 0. The molecule has 2 bridgehead atoms. The van der Waals surface area contributed by atoms with E-state index in [1.807, 2.05) is 51.1 Å². The number of piperidine rings is 1. The molecule has 2 aliphatic rings. The lowest BCUT2D eigenvalue weighted by molar-refractivity contribution is 0.00807. The van der Waals surface area contributed by atoms with E-state index in [2.05, 4.69) is 5.32 Å². The maximum absolute atomic E-state index is 12.4. The molecule has 0 spiro atoms. The van der Waals surface area contributed by atoms with E-state index in [1.54, 1.807) is 4.90 Å². The summed E-state index contributed by atoms with van der Waals surface area (Å²) >= 11 is 0. The van der Waals surface area contributed by atoms with Gasteiger partial charge in [-0.15, -0.1) is 0 Å². The van der Waals surface area contributed by atoms with Gasteiger partial charge in [0.25, 0.3) is 0 Å². The summed E-state index contributed by atoms with van der Waals surface area (Å²) < 4.78 is 16.5. The van der Waals surface area contributed by atoms with E-state index in [-0.39, 0.29) is 12.7 Å². The number of nitrogens with one attached hydrogen (secondary N) is 1. The van der Waals surface area contributed by atoms with E-state index in [4.69, 9.17) is 14.2 Å². The molecule has 0 aliphatic carbocycles. The lowest BCUT2D eigenvalue weighted by Crippen LogP contribution is -2.61. The normalized spacial score (nSPS) is 24.9. The van der Waals surface area contributed by atoms with Crippen LogP contribution in [0.15, 0.2) is 30.3 Å². The smallest absolute Gasteiger partial charge is 0.410 e. The molecule has 142 valence electrons. The third kappa shape index (κ3) is 4.66. The van der Waals surface area contributed by atoms with Crippen molar-refractivity contribution in [3.05, 3.63) is 35.9 Å². The fourth-order valence-corrected chi connectivity index (χ4v) is 3.30. The van der Waals surface area contributed by atoms with Crippen molar-refractivity contribution in [2.24, 2.45) is 0 Å². The predicted molar refractivity (Wildman–Crippen MR) is 94.7 cm³/mol. The summed E-state index contributed by atoms with van der Waals surface area (Å²) in [5.74, 6) is 0. The van der Waals surface area contributed by atoms with Crippen molar-refractivity contribution < 1.29 is 23.8 Å². The average molecular weight is 362 g/mol. The van der Waals surface area contributed by atoms with Gasteiger partial charge in [0.15, 0.2) is 0 Å². The Bertz CT molecular complexity index is 658. The Hall–Kier alpha value is -2.28. The Balaban J connectivity index is 1.57. The molecule has 2 aliphatic heterocycles. The molecule has 2 unspecified atom stereocenters. The van der Waals surface area contributed by atoms with Crippen LogP contribution in [0.4, 0.5) is 9.59 Å². The lowest BCUT2D eigenvalue weighted by atomic mass is 9.91. The van der Waals surface area contributed by atoms with E-state index >= 15 is 0 Å². The maximum Gasteiger partial charge on any atom is 0.410 e. The minimum absolute atomic E-state index is 0.106. The van der Waals surface area contributed by atoms with Gasteiger partial charge >= 0.3 is 12.2 Å². The topological polar surface area (TPSA) is 77.1 Å². The van der Waals surface area contributed by atoms with Crippen LogP contribution in [-0.2, 0) is 20.8 Å². The van der Waals surface area contributed by atoms with Gasteiger partial charge in [-0.2, -0.15) is 0 Å². The van der Waals surface area contributed by atoms with Crippen LogP contribution in [0, 0.1) is 0 Å². The number of carbonyl (C=O) groups excluding carboxylic acids is 2. The van der Waals surface area contributed by atoms with Crippen molar-refractivity contribution >= 4 is 12.2 Å². The van der Waals surface area contributed by atoms with Crippen molar-refractivity contribution in [1.82, 2.24) is 10.2 Å². The summed E-state index contributed by atoms with van der Waals surface area (Å²) in [6.07, 6.45) is -0.349. The van der Waals surface area contributed by atoms with Gasteiger partial charge in [0.05, 0.1) is 24.8 Å². The summed E-state index contributed by atoms with van der Waals surface area (Å²) in [4.78, 5) is 26.2. The van der Waals surface area contributed by atoms with Crippen LogP contribution in [0.25, 0.3) is 0 Å². The van der Waals surface area contributed by atoms with Crippen LogP contribution in [0.1, 0.15) is 32.8 Å². The van der Waals surface area contributed by atoms with E-state index < -0.39 is 23.3 Å².